The van der Waals surface area contributed by atoms with Gasteiger partial charge < -0.3 is 24.2 Å². The molecule has 1 amide bonds. The summed E-state index contributed by atoms with van der Waals surface area (Å²) < 4.78 is 16.8. The van der Waals surface area contributed by atoms with Crippen LogP contribution in [-0.4, -0.2) is 58.2 Å². The number of fused-ring (bicyclic) bond motifs is 2. The van der Waals surface area contributed by atoms with E-state index in [2.05, 4.69) is 10.2 Å². The number of ether oxygens (including phenoxy) is 3. The van der Waals surface area contributed by atoms with Crippen LogP contribution < -0.4 is 14.2 Å². The summed E-state index contributed by atoms with van der Waals surface area (Å²) in [5.74, 6) is 2.61. The summed E-state index contributed by atoms with van der Waals surface area (Å²) in [6, 6.07) is 5.45. The van der Waals surface area contributed by atoms with Gasteiger partial charge in [-0.2, -0.15) is 5.10 Å². The molecule has 8 nitrogen and oxygen atoms in total. The molecule has 0 unspecified atom stereocenters. The highest BCUT2D eigenvalue weighted by Crippen LogP contribution is 2.40. The van der Waals surface area contributed by atoms with E-state index in [1.54, 1.807) is 12.3 Å². The minimum absolute atomic E-state index is 0.0212. The van der Waals surface area contributed by atoms with Gasteiger partial charge in [0.1, 0.15) is 17.5 Å². The number of aliphatic hydroxyl groups is 1. The SMILES string of the molecule is Cc1cn[nH]c1C(=O)N1C[C@H]2C[C@@H](Oc3ccc4c(c3)OCO4)[C@H](O)C[C@H]2C1. The molecule has 0 bridgehead atoms. The third kappa shape index (κ3) is 2.97. The highest BCUT2D eigenvalue weighted by molar-refractivity contribution is 5.93. The third-order valence-electron chi connectivity index (χ3n) is 6.05. The normalized spacial score (nSPS) is 28.3. The van der Waals surface area contributed by atoms with Crippen molar-refractivity contribution in [3.8, 4) is 17.2 Å². The van der Waals surface area contributed by atoms with Crippen LogP contribution in [0.5, 0.6) is 17.2 Å². The van der Waals surface area contributed by atoms with E-state index in [9.17, 15) is 9.90 Å². The van der Waals surface area contributed by atoms with Gasteiger partial charge in [-0.15, -0.1) is 0 Å². The first-order chi connectivity index (χ1) is 13.6. The Morgan fingerprint density at radius 3 is 2.82 bits per heavy atom. The van der Waals surface area contributed by atoms with Gasteiger partial charge in [0, 0.05) is 19.2 Å². The summed E-state index contributed by atoms with van der Waals surface area (Å²) in [5.41, 5.74) is 1.40. The van der Waals surface area contributed by atoms with Gasteiger partial charge in [-0.25, -0.2) is 0 Å². The van der Waals surface area contributed by atoms with Crippen LogP contribution in [0.1, 0.15) is 28.9 Å². The number of nitrogens with one attached hydrogen (secondary N) is 1. The molecule has 4 atom stereocenters. The number of hydrogen-bond acceptors (Lipinski definition) is 6. The molecule has 1 saturated heterocycles. The fraction of sp³-hybridized carbons (Fsp3) is 0.500. The molecule has 2 N–H and O–H groups in total. The molecule has 2 aliphatic heterocycles. The lowest BCUT2D eigenvalue weighted by atomic mass is 9.78. The predicted molar refractivity (Wildman–Crippen MR) is 98.4 cm³/mol. The second-order valence-corrected chi connectivity index (χ2v) is 7.87. The van der Waals surface area contributed by atoms with Crippen LogP contribution in [0.2, 0.25) is 0 Å². The topological polar surface area (TPSA) is 96.9 Å². The second kappa shape index (κ2) is 6.70. The van der Waals surface area contributed by atoms with Crippen LogP contribution in [0.4, 0.5) is 0 Å². The maximum Gasteiger partial charge on any atom is 0.272 e. The Kier molecular flexibility index (Phi) is 4.16. The number of carbonyl (C=O) groups excluding carboxylic acids is 1. The maximum absolute atomic E-state index is 12.8. The van der Waals surface area contributed by atoms with Crippen LogP contribution >= 0.6 is 0 Å². The predicted octanol–water partition coefficient (Wildman–Crippen LogP) is 1.74. The molecule has 0 radical (unpaired) electrons. The van der Waals surface area contributed by atoms with E-state index >= 15 is 0 Å². The number of H-pyrrole nitrogens is 1. The molecule has 3 heterocycles. The van der Waals surface area contributed by atoms with E-state index in [-0.39, 0.29) is 18.8 Å². The number of amides is 1. The molecule has 3 aliphatic rings. The molecular formula is C20H23N3O5. The number of hydrogen-bond donors (Lipinski definition) is 2. The molecule has 8 heteroatoms. The Hall–Kier alpha value is -2.74. The first-order valence-corrected chi connectivity index (χ1v) is 9.62. The molecule has 28 heavy (non-hydrogen) atoms. The van der Waals surface area contributed by atoms with E-state index in [4.69, 9.17) is 14.2 Å². The van der Waals surface area contributed by atoms with Gasteiger partial charge in [0.05, 0.1) is 12.3 Å². The second-order valence-electron chi connectivity index (χ2n) is 7.87. The highest BCUT2D eigenvalue weighted by Gasteiger charge is 2.44. The molecule has 5 rings (SSSR count). The van der Waals surface area contributed by atoms with Gasteiger partial charge in [0.15, 0.2) is 11.5 Å². The van der Waals surface area contributed by atoms with Crippen molar-refractivity contribution < 1.29 is 24.1 Å². The minimum atomic E-state index is -0.560. The van der Waals surface area contributed by atoms with E-state index in [0.29, 0.717) is 60.7 Å². The Bertz CT molecular complexity index is 898. The molecule has 2 fully saturated rings. The zero-order valence-electron chi connectivity index (χ0n) is 15.6. The van der Waals surface area contributed by atoms with Crippen LogP contribution in [0, 0.1) is 18.8 Å². The number of carbonyl (C=O) groups is 1. The Morgan fingerprint density at radius 2 is 2.04 bits per heavy atom. The van der Waals surface area contributed by atoms with Crippen LogP contribution in [0.15, 0.2) is 24.4 Å². The molecule has 1 aliphatic carbocycles. The van der Waals surface area contributed by atoms with E-state index in [1.807, 2.05) is 24.0 Å². The van der Waals surface area contributed by atoms with Crippen LogP contribution in [0.3, 0.4) is 0 Å². The van der Waals surface area contributed by atoms with Crippen molar-refractivity contribution in [3.05, 3.63) is 35.7 Å². The van der Waals surface area contributed by atoms with Gasteiger partial charge in [0.2, 0.25) is 6.79 Å². The van der Waals surface area contributed by atoms with Crippen molar-refractivity contribution in [1.29, 1.82) is 0 Å². The standard InChI is InChI=1S/C20H23N3O5/c1-11-7-21-22-19(11)20(25)23-8-12-4-15(24)17(5-13(12)9-23)28-14-2-3-16-18(6-14)27-10-26-16/h2-3,6-7,12-13,15,17,24H,4-5,8-10H2,1H3,(H,21,22)/t12-,13+,15+,17+/m0/s1. The number of nitrogens with zero attached hydrogens (tertiary/aromatic N) is 2. The number of aromatic nitrogens is 2. The highest BCUT2D eigenvalue weighted by atomic mass is 16.7. The van der Waals surface area contributed by atoms with Gasteiger partial charge in [-0.1, -0.05) is 0 Å². The monoisotopic (exact) mass is 385 g/mol. The van der Waals surface area contributed by atoms with E-state index < -0.39 is 6.10 Å². The van der Waals surface area contributed by atoms with Crippen molar-refractivity contribution in [3.63, 3.8) is 0 Å². The molecule has 1 aromatic heterocycles. The first kappa shape index (κ1) is 17.4. The lowest BCUT2D eigenvalue weighted by Crippen LogP contribution is -2.42. The molecule has 0 spiro atoms. The van der Waals surface area contributed by atoms with E-state index in [1.165, 1.54) is 0 Å². The van der Waals surface area contributed by atoms with Crippen molar-refractivity contribution in [1.82, 2.24) is 15.1 Å². The van der Waals surface area contributed by atoms with Crippen molar-refractivity contribution >= 4 is 5.91 Å². The van der Waals surface area contributed by atoms with Crippen molar-refractivity contribution in [2.75, 3.05) is 19.9 Å². The van der Waals surface area contributed by atoms with Gasteiger partial charge in [0.25, 0.3) is 5.91 Å². The largest absolute Gasteiger partial charge is 0.488 e. The van der Waals surface area contributed by atoms with Crippen molar-refractivity contribution in [2.24, 2.45) is 11.8 Å². The average molecular weight is 385 g/mol. The summed E-state index contributed by atoms with van der Waals surface area (Å²) in [4.78, 5) is 14.6. The molecular weight excluding hydrogens is 362 g/mol. The number of likely N-dealkylation sites (tertiary alicyclic amines) is 1. The molecule has 148 valence electrons. The number of aromatic amines is 1. The Morgan fingerprint density at radius 1 is 1.25 bits per heavy atom. The molecule has 2 aromatic rings. The quantitative estimate of drug-likeness (QED) is 0.835. The maximum atomic E-state index is 12.8. The fourth-order valence-electron chi connectivity index (χ4n) is 4.53. The summed E-state index contributed by atoms with van der Waals surface area (Å²) >= 11 is 0. The summed E-state index contributed by atoms with van der Waals surface area (Å²) in [7, 11) is 0. The Balaban J connectivity index is 1.26. The summed E-state index contributed by atoms with van der Waals surface area (Å²) in [5, 5.41) is 17.4. The van der Waals surface area contributed by atoms with Gasteiger partial charge >= 0.3 is 0 Å². The summed E-state index contributed by atoms with van der Waals surface area (Å²) in [6.07, 6.45) is 2.15. The number of aryl methyl sites for hydroxylation is 1. The summed E-state index contributed by atoms with van der Waals surface area (Å²) in [6.45, 7) is 3.43. The van der Waals surface area contributed by atoms with E-state index in [0.717, 1.165) is 5.56 Å². The first-order valence-electron chi connectivity index (χ1n) is 9.62. The van der Waals surface area contributed by atoms with Crippen LogP contribution in [0.25, 0.3) is 0 Å². The number of aliphatic hydroxyl groups excluding tert-OH is 1. The van der Waals surface area contributed by atoms with Crippen molar-refractivity contribution in [2.45, 2.75) is 32.0 Å². The van der Waals surface area contributed by atoms with Crippen LogP contribution in [-0.2, 0) is 0 Å². The average Bonchev–Trinajstić information content (AvgIpc) is 3.40. The number of benzene rings is 1. The lowest BCUT2D eigenvalue weighted by molar-refractivity contribution is -0.0232. The fourth-order valence-corrected chi connectivity index (χ4v) is 4.53. The minimum Gasteiger partial charge on any atom is -0.488 e. The zero-order valence-corrected chi connectivity index (χ0v) is 15.6. The van der Waals surface area contributed by atoms with Gasteiger partial charge in [-0.3, -0.25) is 9.89 Å². The zero-order chi connectivity index (χ0) is 19.3. The lowest BCUT2D eigenvalue weighted by Gasteiger charge is -2.35. The third-order valence-corrected chi connectivity index (χ3v) is 6.05. The number of rotatable bonds is 3. The smallest absolute Gasteiger partial charge is 0.272 e. The molecule has 1 aromatic carbocycles. The Labute approximate surface area is 162 Å². The molecule has 1 saturated carbocycles. The van der Waals surface area contributed by atoms with Gasteiger partial charge in [-0.05, 0) is 49.3 Å².